The molecular weight excluding hydrogens is 128 g/mol. The van der Waals surface area contributed by atoms with Crippen molar-refractivity contribution in [2.75, 3.05) is 11.5 Å². The molecule has 1 unspecified atom stereocenters. The van der Waals surface area contributed by atoms with E-state index in [0.29, 0.717) is 0 Å². The van der Waals surface area contributed by atoms with Crippen molar-refractivity contribution in [3.8, 4) is 0 Å². The Labute approximate surface area is 60.4 Å². The van der Waals surface area contributed by atoms with Crippen LogP contribution in [0.2, 0.25) is 0 Å². The number of hydrogen-bond donors (Lipinski definition) is 0. The van der Waals surface area contributed by atoms with Gasteiger partial charge in [0.1, 0.15) is 16.8 Å². The van der Waals surface area contributed by atoms with Gasteiger partial charge in [-0.05, 0) is 23.7 Å². The summed E-state index contributed by atoms with van der Waals surface area (Å²) < 4.78 is 0. The molecule has 0 radical (unpaired) electrons. The standard InChI is InChI=1S/C8H15S/c1-7-5-8-3-2-4-9(8)6-7/h7-8H,2-6H2,1H3/q+1/t7-,8+,9?/m0/s1. The third-order valence-corrected chi connectivity index (χ3v) is 5.75. The molecule has 0 N–H and O–H groups in total. The minimum atomic E-state index is 0.902. The average Bonchev–Trinajstić information content (AvgIpc) is 2.22. The molecule has 0 aromatic heterocycles. The second-order valence-electron chi connectivity index (χ2n) is 3.51. The quantitative estimate of drug-likeness (QED) is 0.454. The Morgan fingerprint density at radius 1 is 1.44 bits per heavy atom. The first-order valence-corrected chi connectivity index (χ1v) is 5.65. The predicted molar refractivity (Wildman–Crippen MR) is 43.9 cm³/mol. The second kappa shape index (κ2) is 2.19. The molecule has 0 aliphatic carbocycles. The summed E-state index contributed by atoms with van der Waals surface area (Å²) in [5.74, 6) is 4.22. The molecule has 3 atom stereocenters. The molecule has 2 rings (SSSR count). The highest BCUT2D eigenvalue weighted by Gasteiger charge is 2.43. The molecule has 2 saturated heterocycles. The van der Waals surface area contributed by atoms with Gasteiger partial charge in [-0.1, -0.05) is 6.92 Å². The monoisotopic (exact) mass is 143 g/mol. The fraction of sp³-hybridized carbons (Fsp3) is 1.00. The Balaban J connectivity index is 2.02. The van der Waals surface area contributed by atoms with Crippen molar-refractivity contribution in [3.05, 3.63) is 0 Å². The van der Waals surface area contributed by atoms with Crippen molar-refractivity contribution in [2.24, 2.45) is 5.92 Å². The van der Waals surface area contributed by atoms with Crippen LogP contribution in [-0.4, -0.2) is 16.8 Å². The molecule has 0 saturated carbocycles. The summed E-state index contributed by atoms with van der Waals surface area (Å²) in [5, 5.41) is 1.18. The van der Waals surface area contributed by atoms with E-state index in [1.54, 1.807) is 30.8 Å². The zero-order chi connectivity index (χ0) is 6.27. The van der Waals surface area contributed by atoms with E-state index in [1.807, 2.05) is 0 Å². The van der Waals surface area contributed by atoms with Gasteiger partial charge in [0.2, 0.25) is 0 Å². The van der Waals surface area contributed by atoms with Crippen molar-refractivity contribution in [1.29, 1.82) is 0 Å². The normalized spacial score (nSPS) is 49.7. The fourth-order valence-corrected chi connectivity index (χ4v) is 5.46. The zero-order valence-electron chi connectivity index (χ0n) is 6.10. The average molecular weight is 143 g/mol. The third kappa shape index (κ3) is 1.000. The Morgan fingerprint density at radius 2 is 2.33 bits per heavy atom. The Kier molecular flexibility index (Phi) is 1.48. The lowest BCUT2D eigenvalue weighted by Gasteiger charge is -1.95. The molecule has 0 spiro atoms. The Bertz CT molecular complexity index is 99.1. The third-order valence-electron chi connectivity index (χ3n) is 2.57. The number of hydrogen-bond acceptors (Lipinski definition) is 0. The highest BCUT2D eigenvalue weighted by atomic mass is 32.2. The highest BCUT2D eigenvalue weighted by Crippen LogP contribution is 2.35. The summed E-state index contributed by atoms with van der Waals surface area (Å²) in [6, 6.07) is 0. The molecule has 0 aromatic carbocycles. The van der Waals surface area contributed by atoms with Crippen LogP contribution in [0.5, 0.6) is 0 Å². The van der Waals surface area contributed by atoms with Gasteiger partial charge in [0.15, 0.2) is 0 Å². The summed E-state index contributed by atoms with van der Waals surface area (Å²) in [6.07, 6.45) is 4.66. The van der Waals surface area contributed by atoms with Crippen LogP contribution in [0, 0.1) is 5.92 Å². The van der Waals surface area contributed by atoms with E-state index in [2.05, 4.69) is 6.92 Å². The lowest BCUT2D eigenvalue weighted by Crippen LogP contribution is -2.09. The minimum Gasteiger partial charge on any atom is -0.0578 e. The molecule has 2 heterocycles. The van der Waals surface area contributed by atoms with Gasteiger partial charge in [-0.25, -0.2) is 0 Å². The van der Waals surface area contributed by atoms with E-state index in [-0.39, 0.29) is 0 Å². The van der Waals surface area contributed by atoms with Gasteiger partial charge >= 0.3 is 0 Å². The molecule has 2 aliphatic heterocycles. The largest absolute Gasteiger partial charge is 0.118 e. The van der Waals surface area contributed by atoms with Gasteiger partial charge in [0, 0.05) is 12.3 Å². The van der Waals surface area contributed by atoms with E-state index >= 15 is 0 Å². The molecule has 2 fully saturated rings. The lowest BCUT2D eigenvalue weighted by molar-refractivity contribution is 0.589. The van der Waals surface area contributed by atoms with Gasteiger partial charge < -0.3 is 0 Å². The molecule has 1 heteroatoms. The SMILES string of the molecule is C[C@H]1C[C@H]2CCC[S+]2C1. The lowest BCUT2D eigenvalue weighted by atomic mass is 10.1. The molecule has 52 valence electrons. The minimum absolute atomic E-state index is 0.902. The van der Waals surface area contributed by atoms with Crippen molar-refractivity contribution in [3.63, 3.8) is 0 Å². The summed E-state index contributed by atoms with van der Waals surface area (Å²) in [6.45, 7) is 2.42. The zero-order valence-corrected chi connectivity index (χ0v) is 6.91. The van der Waals surface area contributed by atoms with E-state index in [9.17, 15) is 0 Å². The molecule has 2 aliphatic rings. The van der Waals surface area contributed by atoms with Crippen LogP contribution in [0.3, 0.4) is 0 Å². The van der Waals surface area contributed by atoms with Crippen LogP contribution in [0.4, 0.5) is 0 Å². The number of fused-ring (bicyclic) bond motifs is 1. The highest BCUT2D eigenvalue weighted by molar-refractivity contribution is 7.97. The second-order valence-corrected chi connectivity index (χ2v) is 6.00. The van der Waals surface area contributed by atoms with Crippen molar-refractivity contribution in [2.45, 2.75) is 31.4 Å². The van der Waals surface area contributed by atoms with Crippen molar-refractivity contribution >= 4 is 10.9 Å². The molecule has 0 bridgehead atoms. The van der Waals surface area contributed by atoms with Crippen molar-refractivity contribution < 1.29 is 0 Å². The predicted octanol–water partition coefficient (Wildman–Crippen LogP) is 1.81. The number of rotatable bonds is 0. The maximum Gasteiger partial charge on any atom is 0.118 e. The Morgan fingerprint density at radius 3 is 3.11 bits per heavy atom. The summed E-state index contributed by atoms with van der Waals surface area (Å²) in [4.78, 5) is 0. The smallest absolute Gasteiger partial charge is 0.0578 e. The van der Waals surface area contributed by atoms with Gasteiger partial charge in [0.25, 0.3) is 0 Å². The Hall–Kier alpha value is 0.350. The maximum absolute atomic E-state index is 2.42. The van der Waals surface area contributed by atoms with Gasteiger partial charge in [-0.15, -0.1) is 0 Å². The van der Waals surface area contributed by atoms with Gasteiger partial charge in [-0.2, -0.15) is 0 Å². The van der Waals surface area contributed by atoms with Crippen LogP contribution >= 0.6 is 0 Å². The molecule has 9 heavy (non-hydrogen) atoms. The van der Waals surface area contributed by atoms with E-state index in [0.717, 1.165) is 16.8 Å². The van der Waals surface area contributed by atoms with E-state index < -0.39 is 0 Å². The fourth-order valence-electron chi connectivity index (χ4n) is 2.19. The van der Waals surface area contributed by atoms with Crippen LogP contribution in [0.1, 0.15) is 26.2 Å². The van der Waals surface area contributed by atoms with Crippen LogP contribution in [0.15, 0.2) is 0 Å². The summed E-state index contributed by atoms with van der Waals surface area (Å²) in [5.41, 5.74) is 0. The molecule has 0 aromatic rings. The maximum atomic E-state index is 2.42. The van der Waals surface area contributed by atoms with E-state index in [4.69, 9.17) is 0 Å². The van der Waals surface area contributed by atoms with Gasteiger partial charge in [0.05, 0.1) is 0 Å². The van der Waals surface area contributed by atoms with E-state index in [1.165, 1.54) is 5.25 Å². The topological polar surface area (TPSA) is 0 Å². The van der Waals surface area contributed by atoms with Crippen molar-refractivity contribution in [1.82, 2.24) is 0 Å². The van der Waals surface area contributed by atoms with Crippen LogP contribution in [0.25, 0.3) is 0 Å². The van der Waals surface area contributed by atoms with Crippen LogP contribution < -0.4 is 0 Å². The summed E-state index contributed by atoms with van der Waals surface area (Å²) >= 11 is 0. The van der Waals surface area contributed by atoms with Crippen LogP contribution in [-0.2, 0) is 10.9 Å². The summed E-state index contributed by atoms with van der Waals surface area (Å²) in [7, 11) is 0.902. The first-order chi connectivity index (χ1) is 4.36. The molecular formula is C8H15S+. The molecule has 0 amide bonds. The van der Waals surface area contributed by atoms with Gasteiger partial charge in [-0.3, -0.25) is 0 Å². The first kappa shape index (κ1) is 6.09. The molecule has 0 nitrogen and oxygen atoms in total. The first-order valence-electron chi connectivity index (χ1n) is 4.02.